The first kappa shape index (κ1) is 26.1. The number of ether oxygens (including phenoxy) is 1. The predicted molar refractivity (Wildman–Crippen MR) is 115 cm³/mol. The number of halogens is 5. The molecule has 0 aliphatic carbocycles. The number of methoxy groups -OCH3 is 1. The second-order valence-corrected chi connectivity index (χ2v) is 7.22. The van der Waals surface area contributed by atoms with Crippen LogP contribution < -0.4 is 0 Å². The molecule has 0 heterocycles. The van der Waals surface area contributed by atoms with Gasteiger partial charge in [0.25, 0.3) is 0 Å². The summed E-state index contributed by atoms with van der Waals surface area (Å²) >= 11 is 5.79. The van der Waals surface area contributed by atoms with Crippen molar-refractivity contribution in [3.63, 3.8) is 0 Å². The molecular formula is C22H21ClF4N2O4. The highest BCUT2D eigenvalue weighted by Crippen LogP contribution is 2.31. The minimum absolute atomic E-state index is 0.0000673. The van der Waals surface area contributed by atoms with Gasteiger partial charge in [0, 0.05) is 16.7 Å². The third-order valence-corrected chi connectivity index (χ3v) is 5.01. The van der Waals surface area contributed by atoms with E-state index in [1.165, 1.54) is 21.1 Å². The number of hydrogen-bond donors (Lipinski definition) is 0. The SMILES string of the molecule is CO/N=C(/C(=O)OC)c1cccc(C)c1CO/N=C(\C)c1ccc(F)c(Cl)c1CC(F)(F)F. The molecule has 0 saturated carbocycles. The zero-order valence-corrected chi connectivity index (χ0v) is 19.0. The first-order chi connectivity index (χ1) is 15.5. The Balaban J connectivity index is 2.38. The van der Waals surface area contributed by atoms with Crippen LogP contribution in [0.5, 0.6) is 0 Å². The average Bonchev–Trinajstić information content (AvgIpc) is 2.75. The lowest BCUT2D eigenvalue weighted by Gasteiger charge is -2.15. The number of benzene rings is 2. The number of oxime groups is 2. The summed E-state index contributed by atoms with van der Waals surface area (Å²) in [7, 11) is 2.47. The van der Waals surface area contributed by atoms with E-state index in [1.807, 2.05) is 0 Å². The van der Waals surface area contributed by atoms with Gasteiger partial charge in [0.1, 0.15) is 19.5 Å². The Kier molecular flexibility index (Phi) is 8.81. The molecule has 0 aromatic heterocycles. The Morgan fingerprint density at radius 3 is 2.36 bits per heavy atom. The summed E-state index contributed by atoms with van der Waals surface area (Å²) in [5, 5.41) is 6.97. The predicted octanol–water partition coefficient (Wildman–Crippen LogP) is 5.36. The van der Waals surface area contributed by atoms with Gasteiger partial charge in [0.2, 0.25) is 0 Å². The van der Waals surface area contributed by atoms with E-state index in [0.29, 0.717) is 11.1 Å². The molecule has 0 amide bonds. The van der Waals surface area contributed by atoms with E-state index < -0.39 is 35.0 Å². The molecule has 0 spiro atoms. The fraction of sp³-hybridized carbons (Fsp3) is 0.318. The molecule has 0 fully saturated rings. The molecule has 2 aromatic carbocycles. The smallest absolute Gasteiger partial charge is 0.393 e. The van der Waals surface area contributed by atoms with Crippen LogP contribution in [-0.4, -0.2) is 37.8 Å². The van der Waals surface area contributed by atoms with Gasteiger partial charge in [-0.25, -0.2) is 9.18 Å². The number of hydrogen-bond acceptors (Lipinski definition) is 6. The second kappa shape index (κ2) is 11.1. The third kappa shape index (κ3) is 6.67. The fourth-order valence-corrected chi connectivity index (χ4v) is 3.28. The molecule has 0 aliphatic rings. The van der Waals surface area contributed by atoms with Crippen LogP contribution in [-0.2, 0) is 32.2 Å². The number of carbonyl (C=O) groups is 1. The molecule has 2 rings (SSSR count). The van der Waals surface area contributed by atoms with E-state index in [9.17, 15) is 22.4 Å². The van der Waals surface area contributed by atoms with Crippen molar-refractivity contribution in [2.45, 2.75) is 33.1 Å². The lowest BCUT2D eigenvalue weighted by Crippen LogP contribution is -2.20. The fourth-order valence-electron chi connectivity index (χ4n) is 3.05. The van der Waals surface area contributed by atoms with Gasteiger partial charge in [-0.05, 0) is 37.1 Å². The topological polar surface area (TPSA) is 69.5 Å². The minimum atomic E-state index is -4.60. The maximum Gasteiger partial charge on any atom is 0.393 e. The quantitative estimate of drug-likeness (QED) is 0.217. The highest BCUT2D eigenvalue weighted by atomic mass is 35.5. The summed E-state index contributed by atoms with van der Waals surface area (Å²) in [4.78, 5) is 22.2. The maximum absolute atomic E-state index is 13.8. The maximum atomic E-state index is 13.8. The Morgan fingerprint density at radius 1 is 1.06 bits per heavy atom. The lowest BCUT2D eigenvalue weighted by atomic mass is 9.99. The summed E-state index contributed by atoms with van der Waals surface area (Å²) in [5.74, 6) is -1.70. The van der Waals surface area contributed by atoms with Crippen molar-refractivity contribution in [1.82, 2.24) is 0 Å². The van der Waals surface area contributed by atoms with Crippen LogP contribution in [0.1, 0.15) is 34.7 Å². The number of esters is 1. The second-order valence-electron chi connectivity index (χ2n) is 6.84. The van der Waals surface area contributed by atoms with Crippen LogP contribution in [0.2, 0.25) is 5.02 Å². The first-order valence-electron chi connectivity index (χ1n) is 9.49. The molecule has 33 heavy (non-hydrogen) atoms. The van der Waals surface area contributed by atoms with Gasteiger partial charge >= 0.3 is 12.1 Å². The molecule has 0 bridgehead atoms. The van der Waals surface area contributed by atoms with Crippen molar-refractivity contribution >= 4 is 29.0 Å². The molecule has 0 aliphatic heterocycles. The summed E-state index contributed by atoms with van der Waals surface area (Å²) in [5.41, 5.74) is 1.16. The van der Waals surface area contributed by atoms with E-state index >= 15 is 0 Å². The van der Waals surface area contributed by atoms with Gasteiger partial charge in [-0.15, -0.1) is 0 Å². The van der Waals surface area contributed by atoms with Crippen molar-refractivity contribution < 1.29 is 36.8 Å². The van der Waals surface area contributed by atoms with Crippen LogP contribution in [0, 0.1) is 12.7 Å². The summed E-state index contributed by atoms with van der Waals surface area (Å²) in [6.07, 6.45) is -6.03. The number of aryl methyl sites for hydroxylation is 1. The third-order valence-electron chi connectivity index (χ3n) is 4.60. The van der Waals surface area contributed by atoms with Crippen molar-refractivity contribution in [1.29, 1.82) is 0 Å². The van der Waals surface area contributed by atoms with Crippen molar-refractivity contribution in [2.75, 3.05) is 14.2 Å². The molecule has 178 valence electrons. The molecular weight excluding hydrogens is 468 g/mol. The summed E-state index contributed by atoms with van der Waals surface area (Å²) in [6.45, 7) is 3.03. The average molecular weight is 489 g/mol. The Labute approximate surface area is 192 Å². The van der Waals surface area contributed by atoms with E-state index in [4.69, 9.17) is 26.0 Å². The molecule has 2 aromatic rings. The molecule has 6 nitrogen and oxygen atoms in total. The minimum Gasteiger partial charge on any atom is -0.464 e. The number of carbonyl (C=O) groups excluding carboxylic acids is 1. The number of nitrogens with zero attached hydrogens (tertiary/aromatic N) is 2. The van der Waals surface area contributed by atoms with Crippen molar-refractivity contribution in [3.05, 3.63) is 69.0 Å². The summed E-state index contributed by atoms with van der Waals surface area (Å²) in [6, 6.07) is 7.19. The monoisotopic (exact) mass is 488 g/mol. The van der Waals surface area contributed by atoms with Gasteiger partial charge in [0.05, 0.1) is 24.3 Å². The molecule has 0 N–H and O–H groups in total. The first-order valence-corrected chi connectivity index (χ1v) is 9.86. The highest BCUT2D eigenvalue weighted by molar-refractivity contribution is 6.43. The van der Waals surface area contributed by atoms with E-state index in [-0.39, 0.29) is 23.6 Å². The highest BCUT2D eigenvalue weighted by Gasteiger charge is 2.31. The van der Waals surface area contributed by atoms with Crippen LogP contribution in [0.15, 0.2) is 40.6 Å². The lowest BCUT2D eigenvalue weighted by molar-refractivity contribution is -0.132. The van der Waals surface area contributed by atoms with Gasteiger partial charge in [-0.3, -0.25) is 0 Å². The molecule has 0 unspecified atom stereocenters. The molecule has 0 radical (unpaired) electrons. The number of rotatable bonds is 8. The normalized spacial score (nSPS) is 12.5. The Hall–Kier alpha value is -3.14. The van der Waals surface area contributed by atoms with E-state index in [0.717, 1.165) is 17.7 Å². The van der Waals surface area contributed by atoms with Crippen LogP contribution in [0.25, 0.3) is 0 Å². The van der Waals surface area contributed by atoms with Crippen LogP contribution in [0.3, 0.4) is 0 Å². The van der Waals surface area contributed by atoms with E-state index in [2.05, 4.69) is 10.3 Å². The zero-order valence-electron chi connectivity index (χ0n) is 18.2. The molecule has 0 atom stereocenters. The standard InChI is InChI=1S/C22H21ClF4N2O4/c1-12-6-5-7-15(20(29-32-4)21(30)31-3)17(12)11-33-28-13(2)14-8-9-18(24)19(23)16(14)10-22(25,26)27/h5-9H,10-11H2,1-4H3/b28-13+,29-20+. The zero-order chi connectivity index (χ0) is 24.8. The summed E-state index contributed by atoms with van der Waals surface area (Å²) < 4.78 is 57.4. The molecule has 0 saturated heterocycles. The van der Waals surface area contributed by atoms with Crippen molar-refractivity contribution in [2.24, 2.45) is 10.3 Å². The number of alkyl halides is 3. The molecule has 11 heteroatoms. The largest absolute Gasteiger partial charge is 0.464 e. The van der Waals surface area contributed by atoms with Gasteiger partial charge in [-0.2, -0.15) is 13.2 Å². The van der Waals surface area contributed by atoms with Gasteiger partial charge < -0.3 is 14.4 Å². The van der Waals surface area contributed by atoms with Crippen molar-refractivity contribution in [3.8, 4) is 0 Å². The Morgan fingerprint density at radius 2 is 1.76 bits per heavy atom. The van der Waals surface area contributed by atoms with Crippen LogP contribution >= 0.6 is 11.6 Å². The van der Waals surface area contributed by atoms with E-state index in [1.54, 1.807) is 25.1 Å². The van der Waals surface area contributed by atoms with Gasteiger partial charge in [-0.1, -0.05) is 40.1 Å². The Bertz CT molecular complexity index is 1080. The van der Waals surface area contributed by atoms with Gasteiger partial charge in [0.15, 0.2) is 5.71 Å². The van der Waals surface area contributed by atoms with Crippen LogP contribution in [0.4, 0.5) is 17.6 Å².